The second-order valence-corrected chi connectivity index (χ2v) is 3.70. The van der Waals surface area contributed by atoms with Crippen LogP contribution in [0.4, 0.5) is 0 Å². The predicted octanol–water partition coefficient (Wildman–Crippen LogP) is 1.84. The first kappa shape index (κ1) is 11.9. The summed E-state index contributed by atoms with van der Waals surface area (Å²) in [6.07, 6.45) is 0.914. The third kappa shape index (κ3) is 2.86. The number of nitrogens with two attached hydrogens (primary N) is 1. The molecule has 3 nitrogen and oxygen atoms in total. The van der Waals surface area contributed by atoms with E-state index in [1.807, 2.05) is 18.2 Å². The maximum absolute atomic E-state index is 5.61. The van der Waals surface area contributed by atoms with Crippen molar-refractivity contribution < 1.29 is 9.47 Å². The van der Waals surface area contributed by atoms with Gasteiger partial charge in [-0.2, -0.15) is 0 Å². The van der Waals surface area contributed by atoms with Gasteiger partial charge >= 0.3 is 0 Å². The fourth-order valence-electron chi connectivity index (χ4n) is 1.57. The molecule has 0 aromatic heterocycles. The molecule has 0 saturated heterocycles. The molecule has 15 heavy (non-hydrogen) atoms. The molecular weight excluding hydrogens is 190 g/mol. The molecule has 0 spiro atoms. The molecule has 3 heteroatoms. The molecule has 0 aliphatic carbocycles. The molecule has 1 aromatic carbocycles. The molecule has 0 aliphatic rings. The Kier molecular flexibility index (Phi) is 4.43. The molecule has 0 aliphatic heterocycles. The molecular formula is C12H19NO2. The molecule has 0 amide bonds. The van der Waals surface area contributed by atoms with Crippen molar-refractivity contribution in [3.8, 4) is 11.5 Å². The van der Waals surface area contributed by atoms with Gasteiger partial charge in [0.1, 0.15) is 0 Å². The summed E-state index contributed by atoms with van der Waals surface area (Å²) in [6.45, 7) is 2.80. The van der Waals surface area contributed by atoms with Crippen LogP contribution in [0.3, 0.4) is 0 Å². The van der Waals surface area contributed by atoms with Gasteiger partial charge in [0.15, 0.2) is 11.5 Å². The number of para-hydroxylation sites is 1. The van der Waals surface area contributed by atoms with Gasteiger partial charge in [-0.25, -0.2) is 0 Å². The van der Waals surface area contributed by atoms with Crippen molar-refractivity contribution in [2.45, 2.75) is 13.3 Å². The van der Waals surface area contributed by atoms with Crippen LogP contribution in [0.1, 0.15) is 12.5 Å². The Morgan fingerprint density at radius 1 is 1.27 bits per heavy atom. The van der Waals surface area contributed by atoms with Crippen molar-refractivity contribution in [2.75, 3.05) is 20.8 Å². The van der Waals surface area contributed by atoms with Crippen LogP contribution in [0.15, 0.2) is 18.2 Å². The van der Waals surface area contributed by atoms with Crippen molar-refractivity contribution in [1.29, 1.82) is 0 Å². The number of hydrogen-bond donors (Lipinski definition) is 1. The van der Waals surface area contributed by atoms with Gasteiger partial charge in [-0.3, -0.25) is 0 Å². The molecule has 0 radical (unpaired) electrons. The molecule has 0 unspecified atom stereocenters. The molecule has 1 rings (SSSR count). The second-order valence-electron chi connectivity index (χ2n) is 3.70. The van der Waals surface area contributed by atoms with E-state index in [9.17, 15) is 0 Å². The first-order valence-electron chi connectivity index (χ1n) is 5.12. The van der Waals surface area contributed by atoms with Gasteiger partial charge in [-0.1, -0.05) is 19.1 Å². The van der Waals surface area contributed by atoms with Gasteiger partial charge in [0.05, 0.1) is 14.2 Å². The Bertz CT molecular complexity index is 312. The maximum Gasteiger partial charge on any atom is 0.163 e. The van der Waals surface area contributed by atoms with Crippen LogP contribution in [0.2, 0.25) is 0 Å². The van der Waals surface area contributed by atoms with E-state index in [4.69, 9.17) is 15.2 Å². The third-order valence-corrected chi connectivity index (χ3v) is 2.46. The van der Waals surface area contributed by atoms with E-state index in [-0.39, 0.29) is 0 Å². The van der Waals surface area contributed by atoms with Crippen molar-refractivity contribution in [3.05, 3.63) is 23.8 Å². The lowest BCUT2D eigenvalue weighted by atomic mass is 10.0. The average molecular weight is 209 g/mol. The van der Waals surface area contributed by atoms with E-state index >= 15 is 0 Å². The summed E-state index contributed by atoms with van der Waals surface area (Å²) < 4.78 is 10.6. The Balaban J connectivity index is 2.95. The molecule has 0 saturated carbocycles. The molecule has 2 N–H and O–H groups in total. The minimum atomic E-state index is 0.450. The standard InChI is InChI=1S/C12H19NO2/c1-9(8-13)7-10-5-4-6-11(14-2)12(10)15-3/h4-6,9H,7-8,13H2,1-3H3/t9-/m1/s1. The Morgan fingerprint density at radius 2 is 2.00 bits per heavy atom. The van der Waals surface area contributed by atoms with Crippen LogP contribution >= 0.6 is 0 Å². The molecule has 1 atom stereocenters. The lowest BCUT2D eigenvalue weighted by molar-refractivity contribution is 0.350. The summed E-state index contributed by atoms with van der Waals surface area (Å²) in [6, 6.07) is 5.92. The number of ether oxygens (including phenoxy) is 2. The zero-order valence-electron chi connectivity index (χ0n) is 9.62. The van der Waals surface area contributed by atoms with Crippen molar-refractivity contribution in [1.82, 2.24) is 0 Å². The number of benzene rings is 1. The summed E-state index contributed by atoms with van der Waals surface area (Å²) in [4.78, 5) is 0. The highest BCUT2D eigenvalue weighted by Gasteiger charge is 2.11. The van der Waals surface area contributed by atoms with E-state index in [0.29, 0.717) is 12.5 Å². The van der Waals surface area contributed by atoms with Crippen LogP contribution in [-0.4, -0.2) is 20.8 Å². The summed E-state index contributed by atoms with van der Waals surface area (Å²) in [7, 11) is 3.31. The molecule has 0 heterocycles. The first-order valence-corrected chi connectivity index (χ1v) is 5.12. The Hall–Kier alpha value is -1.22. The Labute approximate surface area is 91.2 Å². The third-order valence-electron chi connectivity index (χ3n) is 2.46. The average Bonchev–Trinajstić information content (AvgIpc) is 2.28. The van der Waals surface area contributed by atoms with Crippen LogP contribution in [0.25, 0.3) is 0 Å². The Morgan fingerprint density at radius 3 is 2.53 bits per heavy atom. The highest BCUT2D eigenvalue weighted by molar-refractivity contribution is 5.46. The summed E-state index contributed by atoms with van der Waals surface area (Å²) in [5.41, 5.74) is 6.76. The molecule has 0 fully saturated rings. The van der Waals surface area contributed by atoms with E-state index in [2.05, 4.69) is 6.92 Å². The largest absolute Gasteiger partial charge is 0.493 e. The number of rotatable bonds is 5. The van der Waals surface area contributed by atoms with Gasteiger partial charge < -0.3 is 15.2 Å². The monoisotopic (exact) mass is 209 g/mol. The quantitative estimate of drug-likeness (QED) is 0.804. The minimum absolute atomic E-state index is 0.450. The fourth-order valence-corrected chi connectivity index (χ4v) is 1.57. The maximum atomic E-state index is 5.61. The van der Waals surface area contributed by atoms with E-state index in [1.54, 1.807) is 14.2 Å². The summed E-state index contributed by atoms with van der Waals surface area (Å²) >= 11 is 0. The van der Waals surface area contributed by atoms with Crippen LogP contribution in [0, 0.1) is 5.92 Å². The minimum Gasteiger partial charge on any atom is -0.493 e. The van der Waals surface area contributed by atoms with Crippen LogP contribution in [-0.2, 0) is 6.42 Å². The van der Waals surface area contributed by atoms with Gasteiger partial charge in [-0.15, -0.1) is 0 Å². The topological polar surface area (TPSA) is 44.5 Å². The fraction of sp³-hybridized carbons (Fsp3) is 0.500. The van der Waals surface area contributed by atoms with Crippen LogP contribution < -0.4 is 15.2 Å². The number of hydrogen-bond acceptors (Lipinski definition) is 3. The highest BCUT2D eigenvalue weighted by atomic mass is 16.5. The van der Waals surface area contributed by atoms with E-state index in [1.165, 1.54) is 0 Å². The summed E-state index contributed by atoms with van der Waals surface area (Å²) in [5, 5.41) is 0. The normalized spacial score (nSPS) is 12.3. The van der Waals surface area contributed by atoms with Gasteiger partial charge in [0.25, 0.3) is 0 Å². The van der Waals surface area contributed by atoms with E-state index in [0.717, 1.165) is 23.5 Å². The first-order chi connectivity index (χ1) is 7.22. The van der Waals surface area contributed by atoms with Gasteiger partial charge in [0.2, 0.25) is 0 Å². The van der Waals surface area contributed by atoms with E-state index < -0.39 is 0 Å². The molecule has 1 aromatic rings. The highest BCUT2D eigenvalue weighted by Crippen LogP contribution is 2.31. The van der Waals surface area contributed by atoms with Crippen molar-refractivity contribution >= 4 is 0 Å². The molecule has 84 valence electrons. The summed E-state index contributed by atoms with van der Waals surface area (Å²) in [5.74, 6) is 2.05. The SMILES string of the molecule is COc1cccc(C[C@@H](C)CN)c1OC. The van der Waals surface area contributed by atoms with Crippen LogP contribution in [0.5, 0.6) is 11.5 Å². The van der Waals surface area contributed by atoms with Gasteiger partial charge in [-0.05, 0) is 30.5 Å². The lowest BCUT2D eigenvalue weighted by Gasteiger charge is -2.14. The molecule has 0 bridgehead atoms. The van der Waals surface area contributed by atoms with Crippen molar-refractivity contribution in [3.63, 3.8) is 0 Å². The smallest absolute Gasteiger partial charge is 0.163 e. The van der Waals surface area contributed by atoms with Crippen molar-refractivity contribution in [2.24, 2.45) is 11.7 Å². The second kappa shape index (κ2) is 5.61. The predicted molar refractivity (Wildman–Crippen MR) is 61.5 cm³/mol. The number of methoxy groups -OCH3 is 2. The zero-order valence-corrected chi connectivity index (χ0v) is 9.62. The van der Waals surface area contributed by atoms with Gasteiger partial charge in [0, 0.05) is 0 Å². The zero-order chi connectivity index (χ0) is 11.3. The lowest BCUT2D eigenvalue weighted by Crippen LogP contribution is -2.13.